The van der Waals surface area contributed by atoms with E-state index in [2.05, 4.69) is 11.9 Å². The van der Waals surface area contributed by atoms with Crippen LogP contribution in [0.4, 0.5) is 14.6 Å². The highest BCUT2D eigenvalue weighted by molar-refractivity contribution is 7.92. The van der Waals surface area contributed by atoms with Crippen molar-refractivity contribution >= 4 is 38.4 Å². The van der Waals surface area contributed by atoms with Crippen molar-refractivity contribution in [2.45, 2.75) is 77.2 Å². The summed E-state index contributed by atoms with van der Waals surface area (Å²) >= 11 is 0. The first-order valence-electron chi connectivity index (χ1n) is 15.4. The van der Waals surface area contributed by atoms with E-state index in [0.717, 1.165) is 49.7 Å². The number of fused-ring (bicyclic) bond motifs is 4. The Morgan fingerprint density at radius 2 is 1.87 bits per heavy atom. The first-order valence-corrected chi connectivity index (χ1v) is 17.2. The van der Waals surface area contributed by atoms with Gasteiger partial charge in [0.15, 0.2) is 5.88 Å². The molecule has 0 aromatic carbocycles. The average Bonchev–Trinajstić information content (AvgIpc) is 3.33. The van der Waals surface area contributed by atoms with Crippen molar-refractivity contribution in [3.8, 4) is 17.3 Å². The summed E-state index contributed by atoms with van der Waals surface area (Å²) in [6, 6.07) is 8.43. The topological polar surface area (TPSA) is 128 Å². The Kier molecular flexibility index (Phi) is 7.08. The van der Waals surface area contributed by atoms with Gasteiger partial charge in [0.05, 0.1) is 24.8 Å². The Morgan fingerprint density at radius 3 is 2.49 bits per heavy atom. The molecule has 3 aliphatic rings. The number of imidazole rings is 1. The zero-order valence-electron chi connectivity index (χ0n) is 25.7. The number of hydrogen-bond donors (Lipinski definition) is 1. The van der Waals surface area contributed by atoms with E-state index in [1.165, 1.54) is 6.07 Å². The summed E-state index contributed by atoms with van der Waals surface area (Å²) in [6.07, 6.45) is 5.56. The summed E-state index contributed by atoms with van der Waals surface area (Å²) in [7, 11) is -2.72. The molecule has 240 valence electrons. The van der Waals surface area contributed by atoms with E-state index in [1.807, 2.05) is 26.9 Å². The number of nitrogens with two attached hydrogens (primary N) is 1. The summed E-state index contributed by atoms with van der Waals surface area (Å²) in [5.41, 5.74) is 10.1. The van der Waals surface area contributed by atoms with Gasteiger partial charge >= 0.3 is 6.55 Å². The fourth-order valence-corrected chi connectivity index (χ4v) is 8.32. The zero-order chi connectivity index (χ0) is 31.9. The quantitative estimate of drug-likeness (QED) is 0.268. The Morgan fingerprint density at radius 1 is 1.13 bits per heavy atom. The number of hydrogen-bond acceptors (Lipinski definition) is 7. The maximum Gasteiger partial charge on any atom is 0.329 e. The van der Waals surface area contributed by atoms with Gasteiger partial charge in [0.1, 0.15) is 22.8 Å². The summed E-state index contributed by atoms with van der Waals surface area (Å²) in [5.74, 6) is 0.702. The molecule has 0 spiro atoms. The fourth-order valence-electron chi connectivity index (χ4n) is 7.59. The normalized spacial score (nSPS) is 23.2. The van der Waals surface area contributed by atoms with Crippen LogP contribution in [0.3, 0.4) is 0 Å². The minimum Gasteiger partial charge on any atom is -0.482 e. The van der Waals surface area contributed by atoms with E-state index in [-0.39, 0.29) is 40.1 Å². The number of methoxy groups -OCH3 is 1. The summed E-state index contributed by atoms with van der Waals surface area (Å²) < 4.78 is 61.7. The number of aryl methyl sites for hydroxylation is 1. The molecular weight excluding hydrogens is 604 g/mol. The van der Waals surface area contributed by atoms with Gasteiger partial charge in [-0.15, -0.1) is 0 Å². The lowest BCUT2D eigenvalue weighted by atomic mass is 9.83. The fraction of sp³-hybridized carbons (Fsp3) is 0.516. The molecule has 2 aliphatic heterocycles. The molecule has 4 aromatic rings. The maximum atomic E-state index is 14.0. The Labute approximate surface area is 260 Å². The highest BCUT2D eigenvalue weighted by Crippen LogP contribution is 2.44. The van der Waals surface area contributed by atoms with Gasteiger partial charge in [-0.1, -0.05) is 6.92 Å². The molecular formula is C31H37F2N7O4S. The van der Waals surface area contributed by atoms with Crippen LogP contribution in [0.5, 0.6) is 5.88 Å². The number of carbonyl (C=O) groups is 1. The SMILES string of the molecule is CC[C@H]1[C@@H](N)[C@H]2CC[C@@H]1N2C(=O)c1cc(OC)n2c(C)c(-c3cc4ccc(N(C(F)F)S(C)(=O)=O)nc4n3CC3CC3)nc2c1. The van der Waals surface area contributed by atoms with Crippen molar-refractivity contribution in [3.63, 3.8) is 0 Å². The molecule has 2 saturated heterocycles. The van der Waals surface area contributed by atoms with Crippen molar-refractivity contribution in [1.29, 1.82) is 0 Å². The van der Waals surface area contributed by atoms with Crippen molar-refractivity contribution in [1.82, 2.24) is 23.8 Å². The molecule has 0 radical (unpaired) electrons. The zero-order valence-corrected chi connectivity index (χ0v) is 26.5. The second-order valence-corrected chi connectivity index (χ2v) is 14.5. The number of halogens is 2. The molecule has 45 heavy (non-hydrogen) atoms. The minimum absolute atomic E-state index is 0.0194. The number of amides is 1. The Balaban J connectivity index is 1.34. The van der Waals surface area contributed by atoms with Gasteiger partial charge in [-0.25, -0.2) is 18.4 Å². The number of ether oxygens (including phenoxy) is 1. The second kappa shape index (κ2) is 10.6. The first-order chi connectivity index (χ1) is 21.4. The minimum atomic E-state index is -4.27. The van der Waals surface area contributed by atoms with E-state index in [0.29, 0.717) is 46.3 Å². The third-order valence-electron chi connectivity index (χ3n) is 9.86. The summed E-state index contributed by atoms with van der Waals surface area (Å²) in [6.45, 7) is 1.33. The Hall–Kier alpha value is -3.78. The molecule has 2 N–H and O–H groups in total. The number of alkyl halides is 2. The van der Waals surface area contributed by atoms with Gasteiger partial charge in [0.2, 0.25) is 10.0 Å². The lowest BCUT2D eigenvalue weighted by molar-refractivity contribution is 0.0716. The van der Waals surface area contributed by atoms with Crippen LogP contribution in [0.25, 0.3) is 28.1 Å². The van der Waals surface area contributed by atoms with Gasteiger partial charge in [0, 0.05) is 41.7 Å². The van der Waals surface area contributed by atoms with Crippen molar-refractivity contribution < 1.29 is 26.7 Å². The molecule has 2 bridgehead atoms. The van der Waals surface area contributed by atoms with Gasteiger partial charge in [-0.05, 0) is 75.1 Å². The molecule has 1 saturated carbocycles. The van der Waals surface area contributed by atoms with E-state index in [1.54, 1.807) is 25.3 Å². The van der Waals surface area contributed by atoms with Crippen LogP contribution in [-0.2, 0) is 16.6 Å². The van der Waals surface area contributed by atoms with Crippen LogP contribution in [0, 0.1) is 18.8 Å². The molecule has 4 atom stereocenters. The highest BCUT2D eigenvalue weighted by atomic mass is 32.2. The van der Waals surface area contributed by atoms with Gasteiger partial charge in [-0.2, -0.15) is 13.1 Å². The van der Waals surface area contributed by atoms with Crippen LogP contribution in [0.15, 0.2) is 30.3 Å². The number of rotatable bonds is 9. The van der Waals surface area contributed by atoms with E-state index < -0.39 is 16.6 Å². The number of sulfonamides is 1. The van der Waals surface area contributed by atoms with Crippen LogP contribution in [-0.4, -0.2) is 76.2 Å². The third-order valence-corrected chi connectivity index (χ3v) is 10.9. The predicted octanol–water partition coefficient (Wildman–Crippen LogP) is 4.41. The summed E-state index contributed by atoms with van der Waals surface area (Å²) in [5, 5.41) is 0.669. The molecule has 4 aromatic heterocycles. The van der Waals surface area contributed by atoms with Crippen LogP contribution in [0.1, 0.15) is 55.1 Å². The number of aromatic nitrogens is 4. The van der Waals surface area contributed by atoms with Crippen molar-refractivity contribution in [3.05, 3.63) is 41.6 Å². The molecule has 14 heteroatoms. The molecule has 11 nitrogen and oxygen atoms in total. The number of carbonyl (C=O) groups excluding carboxylic acids is 1. The number of pyridine rings is 2. The second-order valence-electron chi connectivity index (χ2n) is 12.6. The largest absolute Gasteiger partial charge is 0.482 e. The monoisotopic (exact) mass is 641 g/mol. The predicted molar refractivity (Wildman–Crippen MR) is 166 cm³/mol. The van der Waals surface area contributed by atoms with Crippen LogP contribution >= 0.6 is 0 Å². The molecule has 1 amide bonds. The lowest BCUT2D eigenvalue weighted by Gasteiger charge is -2.24. The third kappa shape index (κ3) is 4.75. The molecule has 0 unspecified atom stereocenters. The number of nitrogens with zero attached hydrogens (tertiary/aromatic N) is 6. The smallest absolute Gasteiger partial charge is 0.329 e. The van der Waals surface area contributed by atoms with Gasteiger partial charge < -0.3 is 19.9 Å². The number of anilines is 1. The average molecular weight is 642 g/mol. The van der Waals surface area contributed by atoms with Crippen LogP contribution < -0.4 is 14.8 Å². The van der Waals surface area contributed by atoms with Gasteiger partial charge in [0.25, 0.3) is 5.91 Å². The summed E-state index contributed by atoms with van der Waals surface area (Å²) in [4.78, 5) is 25.3. The van der Waals surface area contributed by atoms with E-state index in [9.17, 15) is 22.0 Å². The first kappa shape index (κ1) is 29.9. The standard InChI is InChI=1S/C31H37F2N7O4S/c1-5-20-21-9-10-22(27(20)34)39(21)30(41)19-13-25-35-28(16(2)38(25)26(14-19)44-3)23-12-18-8-11-24(40(31(32)33)45(4,42)43)36-29(18)37(23)15-17-6-7-17/h8,11-14,17,20-22,27,31H,5-7,9-10,15,34H2,1-4H3/t20-,21+,22-,27-/m1/s1. The highest BCUT2D eigenvalue weighted by Gasteiger charge is 2.52. The molecule has 3 fully saturated rings. The maximum absolute atomic E-state index is 14.0. The Bertz CT molecular complexity index is 1940. The molecule has 6 heterocycles. The van der Waals surface area contributed by atoms with Crippen molar-refractivity contribution in [2.24, 2.45) is 17.6 Å². The van der Waals surface area contributed by atoms with Crippen LogP contribution in [0.2, 0.25) is 0 Å². The van der Waals surface area contributed by atoms with E-state index in [4.69, 9.17) is 15.5 Å². The van der Waals surface area contributed by atoms with E-state index >= 15 is 0 Å². The molecule has 1 aliphatic carbocycles. The van der Waals surface area contributed by atoms with Gasteiger partial charge in [-0.3, -0.25) is 9.20 Å². The van der Waals surface area contributed by atoms with Crippen molar-refractivity contribution in [2.75, 3.05) is 17.7 Å². The molecule has 7 rings (SSSR count). The lowest BCUT2D eigenvalue weighted by Crippen LogP contribution is -2.41.